The number of anilines is 1. The molecule has 1 fully saturated rings. The molecule has 0 unspecified atom stereocenters. The Bertz CT molecular complexity index is 615. The first-order valence-electron chi connectivity index (χ1n) is 7.04. The summed E-state index contributed by atoms with van der Waals surface area (Å²) in [6, 6.07) is 4.06. The third kappa shape index (κ3) is 3.04. The maximum Gasteiger partial charge on any atom is 0.322 e. The summed E-state index contributed by atoms with van der Waals surface area (Å²) >= 11 is 0. The molecule has 3 rings (SSSR count). The molecule has 1 aliphatic rings. The van der Waals surface area contributed by atoms with E-state index in [1.54, 1.807) is 19.3 Å². The predicted octanol–water partition coefficient (Wildman–Crippen LogP) is 2.88. The number of amides is 2. The highest BCUT2D eigenvalue weighted by molar-refractivity contribution is 5.90. The van der Waals surface area contributed by atoms with E-state index in [4.69, 9.17) is 4.52 Å². The van der Waals surface area contributed by atoms with Gasteiger partial charge in [0.05, 0.1) is 0 Å². The van der Waals surface area contributed by atoms with Crippen molar-refractivity contribution in [3.63, 3.8) is 0 Å². The Kier molecular flexibility index (Phi) is 3.60. The van der Waals surface area contributed by atoms with Crippen LogP contribution in [0.3, 0.4) is 0 Å². The molecular formula is C15H18N4O2. The standard InChI is InChI=1S/C15H18N4O2/c1-10-14(11(2)21-18-10)17-15(20)19(13-5-6-13)9-12-4-3-7-16-8-12/h3-4,7-8,13H,5-6,9H2,1-2H3,(H,17,20). The molecule has 2 aromatic rings. The number of carbonyl (C=O) groups is 1. The van der Waals surface area contributed by atoms with Crippen LogP contribution in [-0.4, -0.2) is 27.1 Å². The van der Waals surface area contributed by atoms with Gasteiger partial charge in [-0.05, 0) is 38.3 Å². The van der Waals surface area contributed by atoms with Crippen molar-refractivity contribution < 1.29 is 9.32 Å². The van der Waals surface area contributed by atoms with Crippen molar-refractivity contribution in [1.82, 2.24) is 15.0 Å². The fourth-order valence-electron chi connectivity index (χ4n) is 2.28. The molecule has 0 saturated heterocycles. The average molecular weight is 286 g/mol. The Morgan fingerprint density at radius 3 is 2.86 bits per heavy atom. The van der Waals surface area contributed by atoms with Crippen LogP contribution in [0.1, 0.15) is 29.9 Å². The van der Waals surface area contributed by atoms with Gasteiger partial charge in [0.15, 0.2) is 5.76 Å². The first-order chi connectivity index (χ1) is 10.1. The highest BCUT2D eigenvalue weighted by Crippen LogP contribution is 2.29. The second-order valence-corrected chi connectivity index (χ2v) is 5.35. The molecule has 1 saturated carbocycles. The van der Waals surface area contributed by atoms with Crippen LogP contribution in [0.2, 0.25) is 0 Å². The van der Waals surface area contributed by atoms with Gasteiger partial charge in [0.2, 0.25) is 0 Å². The lowest BCUT2D eigenvalue weighted by Crippen LogP contribution is -2.36. The van der Waals surface area contributed by atoms with Gasteiger partial charge in [-0.3, -0.25) is 4.98 Å². The van der Waals surface area contributed by atoms with Crippen LogP contribution in [0.25, 0.3) is 0 Å². The summed E-state index contributed by atoms with van der Waals surface area (Å²) in [4.78, 5) is 18.5. The number of aryl methyl sites for hydroxylation is 2. The second-order valence-electron chi connectivity index (χ2n) is 5.35. The molecule has 0 spiro atoms. The minimum Gasteiger partial charge on any atom is -0.359 e. The zero-order chi connectivity index (χ0) is 14.8. The lowest BCUT2D eigenvalue weighted by atomic mass is 10.2. The molecule has 2 aromatic heterocycles. The Labute approximate surface area is 123 Å². The van der Waals surface area contributed by atoms with Crippen molar-refractivity contribution in [2.24, 2.45) is 0 Å². The lowest BCUT2D eigenvalue weighted by Gasteiger charge is -2.22. The molecule has 2 amide bonds. The topological polar surface area (TPSA) is 71.3 Å². The van der Waals surface area contributed by atoms with Gasteiger partial charge in [0.1, 0.15) is 11.4 Å². The van der Waals surface area contributed by atoms with Gasteiger partial charge in [-0.25, -0.2) is 4.79 Å². The molecule has 2 heterocycles. The van der Waals surface area contributed by atoms with Crippen molar-refractivity contribution >= 4 is 11.7 Å². The van der Waals surface area contributed by atoms with Crippen LogP contribution < -0.4 is 5.32 Å². The number of urea groups is 1. The van der Waals surface area contributed by atoms with Crippen LogP contribution >= 0.6 is 0 Å². The molecule has 0 aromatic carbocycles. The molecule has 0 radical (unpaired) electrons. The molecule has 6 nitrogen and oxygen atoms in total. The third-order valence-corrected chi connectivity index (χ3v) is 3.59. The van der Waals surface area contributed by atoms with Crippen LogP contribution in [-0.2, 0) is 6.54 Å². The van der Waals surface area contributed by atoms with Crippen molar-refractivity contribution in [3.05, 3.63) is 41.5 Å². The van der Waals surface area contributed by atoms with E-state index in [1.165, 1.54) is 0 Å². The Hall–Kier alpha value is -2.37. The molecule has 1 aliphatic carbocycles. The molecule has 21 heavy (non-hydrogen) atoms. The SMILES string of the molecule is Cc1noc(C)c1NC(=O)N(Cc1cccnc1)C1CC1. The third-order valence-electron chi connectivity index (χ3n) is 3.59. The lowest BCUT2D eigenvalue weighted by molar-refractivity contribution is 0.206. The fourth-order valence-corrected chi connectivity index (χ4v) is 2.28. The number of nitrogens with one attached hydrogen (secondary N) is 1. The van der Waals surface area contributed by atoms with Gasteiger partial charge in [0.25, 0.3) is 0 Å². The van der Waals surface area contributed by atoms with E-state index in [9.17, 15) is 4.79 Å². The van der Waals surface area contributed by atoms with Crippen molar-refractivity contribution in [2.45, 2.75) is 39.3 Å². The summed E-state index contributed by atoms with van der Waals surface area (Å²) in [5.74, 6) is 0.623. The molecule has 0 aliphatic heterocycles. The molecule has 0 bridgehead atoms. The van der Waals surface area contributed by atoms with E-state index >= 15 is 0 Å². The molecule has 0 atom stereocenters. The summed E-state index contributed by atoms with van der Waals surface area (Å²) in [7, 11) is 0. The van der Waals surface area contributed by atoms with E-state index < -0.39 is 0 Å². The molecule has 1 N–H and O–H groups in total. The number of pyridine rings is 1. The smallest absolute Gasteiger partial charge is 0.322 e. The number of aromatic nitrogens is 2. The maximum atomic E-state index is 12.5. The Morgan fingerprint density at radius 1 is 1.48 bits per heavy atom. The largest absolute Gasteiger partial charge is 0.359 e. The number of hydrogen-bond donors (Lipinski definition) is 1. The van der Waals surface area contributed by atoms with E-state index in [1.807, 2.05) is 24.0 Å². The minimum atomic E-state index is -0.115. The number of rotatable bonds is 4. The fraction of sp³-hybridized carbons (Fsp3) is 0.400. The van der Waals surface area contributed by atoms with Crippen LogP contribution in [0, 0.1) is 13.8 Å². The minimum absolute atomic E-state index is 0.115. The van der Waals surface area contributed by atoms with Crippen LogP contribution in [0.15, 0.2) is 29.0 Å². The molecule has 6 heteroatoms. The van der Waals surface area contributed by atoms with E-state index in [0.717, 1.165) is 18.4 Å². The van der Waals surface area contributed by atoms with Gasteiger partial charge in [0, 0.05) is 25.0 Å². The van der Waals surface area contributed by atoms with Gasteiger partial charge in [-0.15, -0.1) is 0 Å². The Balaban J connectivity index is 1.73. The van der Waals surface area contributed by atoms with Crippen molar-refractivity contribution in [2.75, 3.05) is 5.32 Å². The zero-order valence-electron chi connectivity index (χ0n) is 12.2. The monoisotopic (exact) mass is 286 g/mol. The maximum absolute atomic E-state index is 12.5. The number of carbonyl (C=O) groups excluding carboxylic acids is 1. The van der Waals surface area contributed by atoms with Gasteiger partial charge in [-0.1, -0.05) is 11.2 Å². The van der Waals surface area contributed by atoms with Gasteiger partial charge in [-0.2, -0.15) is 0 Å². The summed E-state index contributed by atoms with van der Waals surface area (Å²) in [5, 5.41) is 6.77. The highest BCUT2D eigenvalue weighted by Gasteiger charge is 2.33. The number of nitrogens with zero attached hydrogens (tertiary/aromatic N) is 3. The van der Waals surface area contributed by atoms with Crippen LogP contribution in [0.5, 0.6) is 0 Å². The molecule has 110 valence electrons. The highest BCUT2D eigenvalue weighted by atomic mass is 16.5. The van der Waals surface area contributed by atoms with E-state index in [2.05, 4.69) is 15.5 Å². The summed E-state index contributed by atoms with van der Waals surface area (Å²) in [5.41, 5.74) is 2.38. The van der Waals surface area contributed by atoms with Gasteiger partial charge >= 0.3 is 6.03 Å². The van der Waals surface area contributed by atoms with Crippen molar-refractivity contribution in [3.8, 4) is 0 Å². The van der Waals surface area contributed by atoms with Gasteiger partial charge < -0.3 is 14.7 Å². The molecular weight excluding hydrogens is 268 g/mol. The van der Waals surface area contributed by atoms with Crippen LogP contribution in [0.4, 0.5) is 10.5 Å². The quantitative estimate of drug-likeness (QED) is 0.938. The second kappa shape index (κ2) is 5.55. The first kappa shape index (κ1) is 13.6. The summed E-state index contributed by atoms with van der Waals surface area (Å²) in [6.07, 6.45) is 5.62. The normalized spacial score (nSPS) is 14.0. The zero-order valence-corrected chi connectivity index (χ0v) is 12.2. The summed E-state index contributed by atoms with van der Waals surface area (Å²) in [6.45, 7) is 4.17. The van der Waals surface area contributed by atoms with E-state index in [-0.39, 0.29) is 6.03 Å². The predicted molar refractivity (Wildman–Crippen MR) is 77.8 cm³/mol. The van der Waals surface area contributed by atoms with E-state index in [0.29, 0.717) is 29.7 Å². The first-order valence-corrected chi connectivity index (χ1v) is 7.04. The average Bonchev–Trinajstić information content (AvgIpc) is 3.28. The number of hydrogen-bond acceptors (Lipinski definition) is 4. The summed E-state index contributed by atoms with van der Waals surface area (Å²) < 4.78 is 5.08. The Morgan fingerprint density at radius 2 is 2.29 bits per heavy atom. The van der Waals surface area contributed by atoms with Crippen molar-refractivity contribution in [1.29, 1.82) is 0 Å².